The second kappa shape index (κ2) is 8.84. The number of nitro groups is 1. The van der Waals surface area contributed by atoms with Crippen molar-refractivity contribution in [3.63, 3.8) is 0 Å². The van der Waals surface area contributed by atoms with Crippen LogP contribution in [0.25, 0.3) is 0 Å². The molecule has 1 aliphatic rings. The SMILES string of the molecule is CCOC(=O)C1CCCCN1C(=O)C(C)Sc1ccc([N+](=O)[O-])cc1. The van der Waals surface area contributed by atoms with E-state index >= 15 is 0 Å². The van der Waals surface area contributed by atoms with Crippen molar-refractivity contribution in [2.45, 2.75) is 49.3 Å². The fourth-order valence-electron chi connectivity index (χ4n) is 2.81. The molecule has 0 bridgehead atoms. The van der Waals surface area contributed by atoms with Crippen molar-refractivity contribution < 1.29 is 19.2 Å². The molecule has 1 heterocycles. The zero-order chi connectivity index (χ0) is 18.4. The molecular formula is C17H22N2O5S. The van der Waals surface area contributed by atoms with Crippen LogP contribution in [-0.2, 0) is 14.3 Å². The Hall–Kier alpha value is -2.09. The van der Waals surface area contributed by atoms with Gasteiger partial charge in [0.25, 0.3) is 5.69 Å². The van der Waals surface area contributed by atoms with Crippen LogP contribution in [0.3, 0.4) is 0 Å². The van der Waals surface area contributed by atoms with E-state index in [-0.39, 0.29) is 17.6 Å². The zero-order valence-electron chi connectivity index (χ0n) is 14.3. The predicted octanol–water partition coefficient (Wildman–Crippen LogP) is 3.02. The minimum absolute atomic E-state index is 0.0155. The summed E-state index contributed by atoms with van der Waals surface area (Å²) in [6, 6.07) is 5.59. The quantitative estimate of drug-likeness (QED) is 0.333. The molecule has 0 aliphatic carbocycles. The number of esters is 1. The fourth-order valence-corrected chi connectivity index (χ4v) is 3.75. The van der Waals surface area contributed by atoms with Crippen LogP contribution in [-0.4, -0.2) is 46.1 Å². The lowest BCUT2D eigenvalue weighted by Gasteiger charge is -2.35. The number of carbonyl (C=O) groups is 2. The number of non-ortho nitro benzene ring substituents is 1. The molecule has 1 aromatic carbocycles. The first-order chi connectivity index (χ1) is 11.9. The van der Waals surface area contributed by atoms with E-state index in [0.717, 1.165) is 17.7 Å². The van der Waals surface area contributed by atoms with Crippen LogP contribution in [0.1, 0.15) is 33.1 Å². The van der Waals surface area contributed by atoms with Gasteiger partial charge >= 0.3 is 5.97 Å². The van der Waals surface area contributed by atoms with Crippen LogP contribution in [0.4, 0.5) is 5.69 Å². The predicted molar refractivity (Wildman–Crippen MR) is 94.4 cm³/mol. The number of amides is 1. The lowest BCUT2D eigenvalue weighted by atomic mass is 10.0. The highest BCUT2D eigenvalue weighted by molar-refractivity contribution is 8.00. The van der Waals surface area contributed by atoms with Crippen LogP contribution >= 0.6 is 11.8 Å². The fraction of sp³-hybridized carbons (Fsp3) is 0.529. The lowest BCUT2D eigenvalue weighted by molar-refractivity contribution is -0.384. The largest absolute Gasteiger partial charge is 0.464 e. The van der Waals surface area contributed by atoms with Gasteiger partial charge in [-0.05, 0) is 45.2 Å². The van der Waals surface area contributed by atoms with Gasteiger partial charge < -0.3 is 9.64 Å². The molecule has 0 radical (unpaired) electrons. The third kappa shape index (κ3) is 4.94. The van der Waals surface area contributed by atoms with E-state index in [2.05, 4.69) is 0 Å². The van der Waals surface area contributed by atoms with Gasteiger partial charge in [0.2, 0.25) is 5.91 Å². The molecule has 2 atom stereocenters. The van der Waals surface area contributed by atoms with E-state index in [4.69, 9.17) is 4.74 Å². The van der Waals surface area contributed by atoms with Crippen molar-refractivity contribution in [3.05, 3.63) is 34.4 Å². The molecular weight excluding hydrogens is 344 g/mol. The van der Waals surface area contributed by atoms with Gasteiger partial charge in [-0.1, -0.05) is 0 Å². The third-order valence-electron chi connectivity index (χ3n) is 4.05. The molecule has 0 N–H and O–H groups in total. The van der Waals surface area contributed by atoms with Crippen molar-refractivity contribution >= 4 is 29.3 Å². The monoisotopic (exact) mass is 366 g/mol. The summed E-state index contributed by atoms with van der Waals surface area (Å²) in [4.78, 5) is 37.5. The summed E-state index contributed by atoms with van der Waals surface area (Å²) in [5, 5.41) is 10.3. The van der Waals surface area contributed by atoms with E-state index in [1.807, 2.05) is 0 Å². The second-order valence-corrected chi connectivity index (χ2v) is 7.22. The molecule has 2 unspecified atom stereocenters. The first-order valence-electron chi connectivity index (χ1n) is 8.32. The van der Waals surface area contributed by atoms with Gasteiger partial charge in [-0.15, -0.1) is 11.8 Å². The molecule has 1 aromatic rings. The van der Waals surface area contributed by atoms with Crippen molar-refractivity contribution in [3.8, 4) is 0 Å². The van der Waals surface area contributed by atoms with Gasteiger partial charge in [-0.2, -0.15) is 0 Å². The highest BCUT2D eigenvalue weighted by atomic mass is 32.2. The Morgan fingerprint density at radius 3 is 2.64 bits per heavy atom. The van der Waals surface area contributed by atoms with Gasteiger partial charge in [0.05, 0.1) is 16.8 Å². The smallest absolute Gasteiger partial charge is 0.328 e. The van der Waals surface area contributed by atoms with Crippen molar-refractivity contribution in [2.75, 3.05) is 13.2 Å². The van der Waals surface area contributed by atoms with Crippen LogP contribution in [0.15, 0.2) is 29.2 Å². The molecule has 0 aromatic heterocycles. The number of rotatable bonds is 6. The normalized spacial score (nSPS) is 18.5. The van der Waals surface area contributed by atoms with E-state index in [9.17, 15) is 19.7 Å². The number of likely N-dealkylation sites (tertiary alicyclic amines) is 1. The summed E-state index contributed by atoms with van der Waals surface area (Å²) >= 11 is 1.33. The standard InChI is InChI=1S/C17H22N2O5S/c1-3-24-17(21)15-6-4-5-11-18(15)16(20)12(2)25-14-9-7-13(8-10-14)19(22)23/h7-10,12,15H,3-6,11H2,1-2H3. The van der Waals surface area contributed by atoms with E-state index in [1.165, 1.54) is 23.9 Å². The summed E-state index contributed by atoms with van der Waals surface area (Å²) < 4.78 is 5.09. The second-order valence-electron chi connectivity index (χ2n) is 5.81. The van der Waals surface area contributed by atoms with Gasteiger partial charge in [-0.25, -0.2) is 4.79 Å². The van der Waals surface area contributed by atoms with E-state index in [1.54, 1.807) is 30.9 Å². The zero-order valence-corrected chi connectivity index (χ0v) is 15.2. The van der Waals surface area contributed by atoms with Crippen LogP contribution < -0.4 is 0 Å². The van der Waals surface area contributed by atoms with Crippen molar-refractivity contribution in [1.82, 2.24) is 4.90 Å². The third-order valence-corrected chi connectivity index (χ3v) is 5.15. The Morgan fingerprint density at radius 1 is 1.36 bits per heavy atom. The summed E-state index contributed by atoms with van der Waals surface area (Å²) in [5.41, 5.74) is 0.0155. The number of hydrogen-bond acceptors (Lipinski definition) is 6. The summed E-state index contributed by atoms with van der Waals surface area (Å²) in [5.74, 6) is -0.454. The van der Waals surface area contributed by atoms with Gasteiger partial charge in [-0.3, -0.25) is 14.9 Å². The number of piperidine rings is 1. The average molecular weight is 366 g/mol. The molecule has 1 amide bonds. The number of hydrogen-bond donors (Lipinski definition) is 0. The first kappa shape index (κ1) is 19.2. The maximum absolute atomic E-state index is 12.8. The number of thioether (sulfide) groups is 1. The Kier molecular flexibility index (Phi) is 6.81. The molecule has 1 aliphatic heterocycles. The summed E-state index contributed by atoms with van der Waals surface area (Å²) in [6.45, 7) is 4.38. The molecule has 1 fully saturated rings. The van der Waals surface area contributed by atoms with Gasteiger partial charge in [0.15, 0.2) is 0 Å². The van der Waals surface area contributed by atoms with Gasteiger partial charge in [0.1, 0.15) is 6.04 Å². The summed E-state index contributed by atoms with van der Waals surface area (Å²) in [7, 11) is 0. The molecule has 2 rings (SSSR count). The van der Waals surface area contributed by atoms with E-state index in [0.29, 0.717) is 19.6 Å². The van der Waals surface area contributed by atoms with Crippen LogP contribution in [0.5, 0.6) is 0 Å². The molecule has 25 heavy (non-hydrogen) atoms. The highest BCUT2D eigenvalue weighted by Crippen LogP contribution is 2.28. The van der Waals surface area contributed by atoms with Crippen LogP contribution in [0.2, 0.25) is 0 Å². The number of ether oxygens (including phenoxy) is 1. The topological polar surface area (TPSA) is 89.8 Å². The molecule has 0 spiro atoms. The maximum Gasteiger partial charge on any atom is 0.328 e. The Bertz CT molecular complexity index is 634. The van der Waals surface area contributed by atoms with E-state index < -0.39 is 16.2 Å². The lowest BCUT2D eigenvalue weighted by Crippen LogP contribution is -2.51. The van der Waals surface area contributed by atoms with Crippen molar-refractivity contribution in [2.24, 2.45) is 0 Å². The number of carbonyl (C=O) groups excluding carboxylic acids is 2. The number of nitro benzene ring substituents is 1. The molecule has 7 nitrogen and oxygen atoms in total. The average Bonchev–Trinajstić information content (AvgIpc) is 2.61. The van der Waals surface area contributed by atoms with Gasteiger partial charge in [0, 0.05) is 23.6 Å². The molecule has 1 saturated heterocycles. The summed E-state index contributed by atoms with van der Waals surface area (Å²) in [6.07, 6.45) is 2.40. The Morgan fingerprint density at radius 2 is 2.04 bits per heavy atom. The maximum atomic E-state index is 12.8. The van der Waals surface area contributed by atoms with Crippen molar-refractivity contribution in [1.29, 1.82) is 0 Å². The highest BCUT2D eigenvalue weighted by Gasteiger charge is 2.35. The Labute approximate surface area is 150 Å². The molecule has 0 saturated carbocycles. The molecule has 136 valence electrons. The minimum Gasteiger partial charge on any atom is -0.464 e. The Balaban J connectivity index is 2.04. The number of benzene rings is 1. The molecule has 8 heteroatoms. The van der Waals surface area contributed by atoms with Crippen LogP contribution in [0, 0.1) is 10.1 Å². The first-order valence-corrected chi connectivity index (χ1v) is 9.20. The minimum atomic E-state index is -0.513. The number of nitrogens with zero attached hydrogens (tertiary/aromatic N) is 2.